The second kappa shape index (κ2) is 9.99. The Hall–Kier alpha value is -2.46. The second-order valence-corrected chi connectivity index (χ2v) is 9.74. The largest absolute Gasteiger partial charge is 0.338 e. The van der Waals surface area contributed by atoms with Gasteiger partial charge in [0.25, 0.3) is 5.91 Å². The van der Waals surface area contributed by atoms with Crippen molar-refractivity contribution < 1.29 is 9.59 Å². The van der Waals surface area contributed by atoms with Gasteiger partial charge in [-0.25, -0.2) is 0 Å². The van der Waals surface area contributed by atoms with Gasteiger partial charge in [-0.3, -0.25) is 14.5 Å². The standard InChI is InChI=1S/C24H21Cl2N3O2S/c25-17-9-10-20(26)16(13-17)14-21-23(31)29(18-7-3-1-4-8-18)24(32-21)19(15-27)22(30)28-11-5-2-6-12-28/h1,3-4,7-10,13,21H,2,5-6,11-12,14H2/b24-19-. The molecule has 0 N–H and O–H groups in total. The molecule has 0 bridgehead atoms. The topological polar surface area (TPSA) is 64.4 Å². The van der Waals surface area contributed by atoms with Gasteiger partial charge >= 0.3 is 0 Å². The fourth-order valence-electron chi connectivity index (χ4n) is 3.94. The van der Waals surface area contributed by atoms with Crippen LogP contribution in [0, 0.1) is 11.3 Å². The molecule has 1 unspecified atom stereocenters. The molecular weight excluding hydrogens is 465 g/mol. The normalized spacial score (nSPS) is 20.3. The van der Waals surface area contributed by atoms with Gasteiger partial charge in [0.2, 0.25) is 5.91 Å². The molecule has 0 saturated carbocycles. The van der Waals surface area contributed by atoms with Crippen LogP contribution in [-0.4, -0.2) is 35.1 Å². The van der Waals surface area contributed by atoms with Crippen molar-refractivity contribution in [2.24, 2.45) is 0 Å². The van der Waals surface area contributed by atoms with Crippen molar-refractivity contribution in [1.82, 2.24) is 4.90 Å². The van der Waals surface area contributed by atoms with E-state index in [4.69, 9.17) is 23.2 Å². The summed E-state index contributed by atoms with van der Waals surface area (Å²) in [6.45, 7) is 1.26. The van der Waals surface area contributed by atoms with Crippen molar-refractivity contribution >= 4 is 52.5 Å². The number of para-hydroxylation sites is 1. The number of halogens is 2. The molecule has 0 spiro atoms. The van der Waals surface area contributed by atoms with Gasteiger partial charge in [0.15, 0.2) is 0 Å². The van der Waals surface area contributed by atoms with Crippen LogP contribution >= 0.6 is 35.0 Å². The molecule has 8 heteroatoms. The molecule has 0 aliphatic carbocycles. The first-order chi connectivity index (χ1) is 15.5. The van der Waals surface area contributed by atoms with E-state index in [0.29, 0.717) is 40.3 Å². The third kappa shape index (κ3) is 4.66. The summed E-state index contributed by atoms with van der Waals surface area (Å²) in [6, 6.07) is 16.3. The highest BCUT2D eigenvalue weighted by Crippen LogP contribution is 2.42. The molecule has 0 aromatic heterocycles. The number of carbonyl (C=O) groups is 2. The molecule has 0 radical (unpaired) electrons. The van der Waals surface area contributed by atoms with Crippen LogP contribution < -0.4 is 4.90 Å². The van der Waals surface area contributed by atoms with E-state index in [2.05, 4.69) is 6.07 Å². The third-order valence-corrected chi connectivity index (χ3v) is 7.43. The van der Waals surface area contributed by atoms with E-state index in [9.17, 15) is 14.9 Å². The van der Waals surface area contributed by atoms with Crippen LogP contribution in [0.1, 0.15) is 24.8 Å². The van der Waals surface area contributed by atoms with Gasteiger partial charge in [0, 0.05) is 28.8 Å². The quantitative estimate of drug-likeness (QED) is 0.427. The summed E-state index contributed by atoms with van der Waals surface area (Å²) in [5, 5.41) is 10.9. The number of thioether (sulfide) groups is 1. The summed E-state index contributed by atoms with van der Waals surface area (Å²) in [7, 11) is 0. The maximum atomic E-state index is 13.5. The highest BCUT2D eigenvalue weighted by atomic mass is 35.5. The second-order valence-electron chi connectivity index (χ2n) is 7.70. The number of rotatable bonds is 4. The zero-order valence-corrected chi connectivity index (χ0v) is 19.6. The Morgan fingerprint density at radius 1 is 1.09 bits per heavy atom. The molecule has 4 rings (SSSR count). The van der Waals surface area contributed by atoms with E-state index >= 15 is 0 Å². The molecule has 32 heavy (non-hydrogen) atoms. The zero-order valence-electron chi connectivity index (χ0n) is 17.3. The van der Waals surface area contributed by atoms with Gasteiger partial charge in [-0.15, -0.1) is 0 Å². The SMILES string of the molecule is N#C/C(C(=O)N1CCCCC1)=C1/SC(Cc2cc(Cl)ccc2Cl)C(=O)N1c1ccccc1. The summed E-state index contributed by atoms with van der Waals surface area (Å²) < 4.78 is 0. The molecule has 2 fully saturated rings. The Morgan fingerprint density at radius 2 is 1.81 bits per heavy atom. The molecule has 2 saturated heterocycles. The maximum Gasteiger partial charge on any atom is 0.267 e. The average Bonchev–Trinajstić information content (AvgIpc) is 3.13. The van der Waals surface area contributed by atoms with E-state index in [1.165, 1.54) is 16.7 Å². The average molecular weight is 486 g/mol. The number of piperidine rings is 1. The van der Waals surface area contributed by atoms with Crippen LogP contribution in [0.25, 0.3) is 0 Å². The van der Waals surface area contributed by atoms with Crippen molar-refractivity contribution in [3.05, 3.63) is 74.7 Å². The predicted molar refractivity (Wildman–Crippen MR) is 129 cm³/mol. The summed E-state index contributed by atoms with van der Waals surface area (Å²) in [5.41, 5.74) is 1.38. The number of nitriles is 1. The van der Waals surface area contributed by atoms with Crippen molar-refractivity contribution in [3.63, 3.8) is 0 Å². The number of hydrogen-bond donors (Lipinski definition) is 0. The maximum absolute atomic E-state index is 13.5. The minimum absolute atomic E-state index is 0.00814. The minimum Gasteiger partial charge on any atom is -0.338 e. The van der Waals surface area contributed by atoms with Gasteiger partial charge in [0.1, 0.15) is 16.7 Å². The molecule has 2 aliphatic rings. The fraction of sp³-hybridized carbons (Fsp3) is 0.292. The molecule has 1 atom stereocenters. The molecule has 164 valence electrons. The molecule has 2 heterocycles. The smallest absolute Gasteiger partial charge is 0.267 e. The molecule has 2 aliphatic heterocycles. The molecule has 5 nitrogen and oxygen atoms in total. The Labute approximate surface area is 201 Å². The van der Waals surface area contributed by atoms with E-state index < -0.39 is 5.25 Å². The lowest BCUT2D eigenvalue weighted by Gasteiger charge is -2.27. The lowest BCUT2D eigenvalue weighted by molar-refractivity contribution is -0.127. The van der Waals surface area contributed by atoms with E-state index in [1.54, 1.807) is 35.2 Å². The highest BCUT2D eigenvalue weighted by Gasteiger charge is 2.41. The van der Waals surface area contributed by atoms with E-state index in [0.717, 1.165) is 24.8 Å². The fourth-order valence-corrected chi connectivity index (χ4v) is 5.62. The first kappa shape index (κ1) is 22.7. The van der Waals surface area contributed by atoms with Crippen molar-refractivity contribution in [2.75, 3.05) is 18.0 Å². The lowest BCUT2D eigenvalue weighted by Crippen LogP contribution is -2.37. The van der Waals surface area contributed by atoms with Gasteiger partial charge in [-0.2, -0.15) is 5.26 Å². The van der Waals surface area contributed by atoms with Gasteiger partial charge in [0.05, 0.1) is 5.25 Å². The summed E-state index contributed by atoms with van der Waals surface area (Å²) in [5.74, 6) is -0.503. The minimum atomic E-state index is -0.529. The zero-order chi connectivity index (χ0) is 22.7. The van der Waals surface area contributed by atoms with Crippen molar-refractivity contribution in [1.29, 1.82) is 5.26 Å². The van der Waals surface area contributed by atoms with E-state index in [1.807, 2.05) is 18.2 Å². The molecular formula is C24H21Cl2N3O2S. The number of likely N-dealkylation sites (tertiary alicyclic amines) is 1. The summed E-state index contributed by atoms with van der Waals surface area (Å²) >= 11 is 13.7. The van der Waals surface area contributed by atoms with Crippen LogP contribution in [0.4, 0.5) is 5.69 Å². The molecule has 2 amide bonds. The van der Waals surface area contributed by atoms with Gasteiger partial charge < -0.3 is 4.90 Å². The molecule has 2 aromatic rings. The lowest BCUT2D eigenvalue weighted by atomic mass is 10.1. The Morgan fingerprint density at radius 3 is 2.50 bits per heavy atom. The van der Waals surface area contributed by atoms with Gasteiger partial charge in [-0.1, -0.05) is 53.2 Å². The van der Waals surface area contributed by atoms with Crippen molar-refractivity contribution in [2.45, 2.75) is 30.9 Å². The summed E-state index contributed by atoms with van der Waals surface area (Å²) in [4.78, 5) is 29.9. The number of benzene rings is 2. The predicted octanol–water partition coefficient (Wildman–Crippen LogP) is 5.43. The number of anilines is 1. The monoisotopic (exact) mass is 485 g/mol. The number of amides is 2. The first-order valence-electron chi connectivity index (χ1n) is 10.4. The number of hydrogen-bond acceptors (Lipinski definition) is 4. The van der Waals surface area contributed by atoms with Crippen LogP contribution in [0.3, 0.4) is 0 Å². The number of nitrogens with zero attached hydrogens (tertiary/aromatic N) is 3. The molecule has 2 aromatic carbocycles. The van der Waals surface area contributed by atoms with Crippen LogP contribution in [0.2, 0.25) is 10.0 Å². The van der Waals surface area contributed by atoms with E-state index in [-0.39, 0.29) is 17.4 Å². The summed E-state index contributed by atoms with van der Waals surface area (Å²) in [6.07, 6.45) is 3.26. The van der Waals surface area contributed by atoms with Crippen LogP contribution in [0.15, 0.2) is 59.1 Å². The third-order valence-electron chi connectivity index (χ3n) is 5.56. The Bertz CT molecular complexity index is 1110. The van der Waals surface area contributed by atoms with Crippen LogP contribution in [-0.2, 0) is 16.0 Å². The van der Waals surface area contributed by atoms with Gasteiger partial charge in [-0.05, 0) is 61.6 Å². The van der Waals surface area contributed by atoms with Crippen molar-refractivity contribution in [3.8, 4) is 6.07 Å². The van der Waals surface area contributed by atoms with Crippen LogP contribution in [0.5, 0.6) is 0 Å². The number of carbonyl (C=O) groups excluding carboxylic acids is 2. The highest BCUT2D eigenvalue weighted by molar-refractivity contribution is 8.05. The first-order valence-corrected chi connectivity index (χ1v) is 12.1. The Kier molecular flexibility index (Phi) is 7.10. The Balaban J connectivity index is 1.73.